The molecular formula is C5H8N3O+. The third kappa shape index (κ3) is 1.38. The van der Waals surface area contributed by atoms with Crippen molar-refractivity contribution in [1.82, 2.24) is 0 Å². The van der Waals surface area contributed by atoms with Crippen molar-refractivity contribution < 1.29 is 10.2 Å². The average Bonchev–Trinajstić information content (AvgIpc) is 1.90. The Morgan fingerprint density at radius 1 is 1.44 bits per heavy atom. The Morgan fingerprint density at radius 2 is 2.00 bits per heavy atom. The number of aromatic nitrogens is 1. The van der Waals surface area contributed by atoms with Crippen molar-refractivity contribution >= 4 is 5.69 Å². The highest BCUT2D eigenvalue weighted by Crippen LogP contribution is 1.89. The molecule has 1 heterocycles. The first kappa shape index (κ1) is 6.00. The summed E-state index contributed by atoms with van der Waals surface area (Å²) in [7, 11) is 0. The van der Waals surface area contributed by atoms with Crippen molar-refractivity contribution in [3.63, 3.8) is 0 Å². The van der Waals surface area contributed by atoms with Gasteiger partial charge in [0, 0.05) is 0 Å². The number of rotatable bonds is 1. The molecule has 1 aromatic rings. The quantitative estimate of drug-likeness (QED) is 0.206. The topological polar surface area (TPSA) is 69.6 Å². The molecule has 0 aliphatic rings. The van der Waals surface area contributed by atoms with E-state index in [4.69, 9.17) is 5.84 Å². The van der Waals surface area contributed by atoms with Crippen molar-refractivity contribution in [3.05, 3.63) is 29.7 Å². The van der Waals surface area contributed by atoms with Crippen LogP contribution in [-0.2, 0) is 0 Å². The van der Waals surface area contributed by atoms with Gasteiger partial charge in [-0.05, 0) is 0 Å². The first-order chi connectivity index (χ1) is 4.33. The van der Waals surface area contributed by atoms with Crippen molar-refractivity contribution in [2.75, 3.05) is 0 Å². The van der Waals surface area contributed by atoms with E-state index in [0.717, 1.165) is 5.69 Å². The van der Waals surface area contributed by atoms with Crippen LogP contribution >= 0.6 is 0 Å². The van der Waals surface area contributed by atoms with Crippen molar-refractivity contribution in [2.45, 2.75) is 0 Å². The second-order valence-electron chi connectivity index (χ2n) is 1.66. The second-order valence-corrected chi connectivity index (χ2v) is 1.66. The minimum Gasteiger partial charge on any atom is -0.619 e. The predicted octanol–water partition coefficient (Wildman–Crippen LogP) is -1.61. The molecule has 4 nitrogen and oxygen atoms in total. The van der Waals surface area contributed by atoms with Crippen LogP contribution in [0.3, 0.4) is 0 Å². The van der Waals surface area contributed by atoms with Gasteiger partial charge in [-0.25, -0.2) is 5.43 Å². The maximum Gasteiger partial charge on any atom is 0.186 e. The fourth-order valence-electron chi connectivity index (χ4n) is 0.535. The van der Waals surface area contributed by atoms with Gasteiger partial charge in [-0.1, -0.05) is 0 Å². The number of hydrogen-bond acceptors (Lipinski definition) is 2. The summed E-state index contributed by atoms with van der Waals surface area (Å²) in [4.78, 5) is 0. The molecule has 0 amide bonds. The van der Waals surface area contributed by atoms with Gasteiger partial charge in [0.2, 0.25) is 0 Å². The van der Waals surface area contributed by atoms with Gasteiger partial charge >= 0.3 is 0 Å². The molecule has 0 saturated carbocycles. The monoisotopic (exact) mass is 126 g/mol. The fourth-order valence-corrected chi connectivity index (χ4v) is 0.535. The summed E-state index contributed by atoms with van der Waals surface area (Å²) < 4.78 is 0.715. The number of hydrogen-bond donors (Lipinski definition) is 2. The molecule has 0 saturated heterocycles. The molecule has 4 heteroatoms. The number of pyridine rings is 1. The van der Waals surface area contributed by atoms with Gasteiger partial charge in [-0.2, -0.15) is 10.6 Å². The second kappa shape index (κ2) is 2.43. The van der Waals surface area contributed by atoms with Gasteiger partial charge in [0.05, 0.1) is 12.1 Å². The lowest BCUT2D eigenvalue weighted by atomic mass is 10.4. The Kier molecular flexibility index (Phi) is 1.62. The van der Waals surface area contributed by atoms with E-state index in [2.05, 4.69) is 0 Å². The maximum atomic E-state index is 10.4. The summed E-state index contributed by atoms with van der Waals surface area (Å²) in [6.45, 7) is 0. The van der Waals surface area contributed by atoms with E-state index in [0.29, 0.717) is 4.73 Å². The number of nitrogens with zero attached hydrogens (tertiary/aromatic N) is 1. The Labute approximate surface area is 52.5 Å². The zero-order chi connectivity index (χ0) is 6.69. The molecule has 1 aromatic heterocycles. The molecule has 1 rings (SSSR count). The normalized spacial score (nSPS) is 9.44. The van der Waals surface area contributed by atoms with Crippen LogP contribution in [-0.4, -0.2) is 0 Å². The highest BCUT2D eigenvalue weighted by atomic mass is 16.5. The molecule has 0 aliphatic heterocycles. The van der Waals surface area contributed by atoms with E-state index < -0.39 is 0 Å². The Balaban J connectivity index is 2.88. The molecule has 0 bridgehead atoms. The van der Waals surface area contributed by atoms with Gasteiger partial charge in [-0.3, -0.25) is 0 Å². The van der Waals surface area contributed by atoms with Gasteiger partial charge < -0.3 is 5.21 Å². The number of quaternary nitrogens is 1. The SMILES string of the molecule is N[NH2+]c1cc[n+]([O-])cc1. The van der Waals surface area contributed by atoms with Crippen LogP contribution < -0.4 is 16.0 Å². The first-order valence-corrected chi connectivity index (χ1v) is 2.56. The molecule has 0 aromatic carbocycles. The summed E-state index contributed by atoms with van der Waals surface area (Å²) in [6.07, 6.45) is 2.80. The zero-order valence-corrected chi connectivity index (χ0v) is 4.82. The predicted molar refractivity (Wildman–Crippen MR) is 31.2 cm³/mol. The van der Waals surface area contributed by atoms with E-state index in [1.165, 1.54) is 17.8 Å². The largest absolute Gasteiger partial charge is 0.619 e. The van der Waals surface area contributed by atoms with Crippen LogP contribution in [0.1, 0.15) is 0 Å². The van der Waals surface area contributed by atoms with Crippen LogP contribution in [0, 0.1) is 5.21 Å². The lowest BCUT2D eigenvalue weighted by Gasteiger charge is -1.93. The molecule has 9 heavy (non-hydrogen) atoms. The standard InChI is InChI=1S/C5H7N3O/c6-7-5-1-3-8(9)4-2-5/h1-4,7H,6H2/p+1. The van der Waals surface area contributed by atoms with Crippen LogP contribution in [0.15, 0.2) is 24.5 Å². The molecule has 4 N–H and O–H groups in total. The summed E-state index contributed by atoms with van der Waals surface area (Å²) in [6, 6.07) is 3.29. The lowest BCUT2D eigenvalue weighted by molar-refractivity contribution is -0.612. The minimum absolute atomic E-state index is 0.715. The van der Waals surface area contributed by atoms with Crippen LogP contribution in [0.2, 0.25) is 0 Å². The minimum atomic E-state index is 0.715. The molecule has 48 valence electrons. The summed E-state index contributed by atoms with van der Waals surface area (Å²) in [5.74, 6) is 5.16. The van der Waals surface area contributed by atoms with Crippen molar-refractivity contribution in [3.8, 4) is 0 Å². The van der Waals surface area contributed by atoms with E-state index in [-0.39, 0.29) is 0 Å². The highest BCUT2D eigenvalue weighted by molar-refractivity contribution is 5.21. The third-order valence-electron chi connectivity index (χ3n) is 1.02. The van der Waals surface area contributed by atoms with Gasteiger partial charge in [0.1, 0.15) is 0 Å². The lowest BCUT2D eigenvalue weighted by Crippen LogP contribution is -2.85. The molecule has 0 unspecified atom stereocenters. The van der Waals surface area contributed by atoms with E-state index >= 15 is 0 Å². The van der Waals surface area contributed by atoms with Crippen LogP contribution in [0.25, 0.3) is 0 Å². The Morgan fingerprint density at radius 3 is 2.44 bits per heavy atom. The first-order valence-electron chi connectivity index (χ1n) is 2.56. The zero-order valence-electron chi connectivity index (χ0n) is 4.82. The Hall–Kier alpha value is -1.13. The van der Waals surface area contributed by atoms with Crippen molar-refractivity contribution in [2.24, 2.45) is 5.84 Å². The Bertz CT molecular complexity index is 184. The van der Waals surface area contributed by atoms with Crippen LogP contribution in [0.5, 0.6) is 0 Å². The summed E-state index contributed by atoms with van der Waals surface area (Å²) in [5.41, 5.74) is 2.29. The molecule has 0 spiro atoms. The summed E-state index contributed by atoms with van der Waals surface area (Å²) in [5, 5.41) is 10.4. The van der Waals surface area contributed by atoms with Gasteiger partial charge in [-0.15, -0.1) is 0 Å². The highest BCUT2D eigenvalue weighted by Gasteiger charge is 1.92. The van der Waals surface area contributed by atoms with E-state index in [9.17, 15) is 5.21 Å². The molecule has 0 aliphatic carbocycles. The van der Waals surface area contributed by atoms with Crippen molar-refractivity contribution in [1.29, 1.82) is 0 Å². The number of nitrogens with two attached hydrogens (primary N) is 2. The van der Waals surface area contributed by atoms with Gasteiger partial charge in [0.15, 0.2) is 18.1 Å². The third-order valence-corrected chi connectivity index (χ3v) is 1.02. The molecule has 0 radical (unpaired) electrons. The smallest absolute Gasteiger partial charge is 0.186 e. The average molecular weight is 126 g/mol. The maximum absolute atomic E-state index is 10.4. The van der Waals surface area contributed by atoms with Crippen LogP contribution in [0.4, 0.5) is 5.69 Å². The van der Waals surface area contributed by atoms with Gasteiger partial charge in [0.25, 0.3) is 0 Å². The van der Waals surface area contributed by atoms with E-state index in [1.54, 1.807) is 12.1 Å². The molecule has 0 atom stereocenters. The summed E-state index contributed by atoms with van der Waals surface area (Å²) >= 11 is 0. The molecular weight excluding hydrogens is 118 g/mol. The fraction of sp³-hybridized carbons (Fsp3) is 0. The molecule has 0 fully saturated rings. The van der Waals surface area contributed by atoms with E-state index in [1.807, 2.05) is 0 Å².